The molecule has 1 N–H and O–H groups in total. The Morgan fingerprint density at radius 2 is 1.92 bits per heavy atom. The number of amides is 2. The van der Waals surface area contributed by atoms with Crippen molar-refractivity contribution in [3.63, 3.8) is 0 Å². The number of para-hydroxylation sites is 1. The zero-order valence-electron chi connectivity index (χ0n) is 14.5. The van der Waals surface area contributed by atoms with Crippen LogP contribution in [0.15, 0.2) is 24.3 Å². The lowest BCUT2D eigenvalue weighted by molar-refractivity contribution is 0.0220. The fourth-order valence-electron chi connectivity index (χ4n) is 3.14. The van der Waals surface area contributed by atoms with Gasteiger partial charge < -0.3 is 15.0 Å². The van der Waals surface area contributed by atoms with Crippen molar-refractivity contribution in [3.8, 4) is 0 Å². The van der Waals surface area contributed by atoms with Crippen LogP contribution >= 0.6 is 0 Å². The van der Waals surface area contributed by atoms with Gasteiger partial charge in [-0.05, 0) is 38.8 Å². The first-order chi connectivity index (χ1) is 11.3. The normalized spacial score (nSPS) is 14.4. The number of hydrogen-bond acceptors (Lipinski definition) is 3. The molecule has 0 unspecified atom stereocenters. The summed E-state index contributed by atoms with van der Waals surface area (Å²) >= 11 is 0. The minimum Gasteiger partial charge on any atom is -0.444 e. The van der Waals surface area contributed by atoms with E-state index in [-0.39, 0.29) is 12.1 Å². The van der Waals surface area contributed by atoms with Crippen molar-refractivity contribution in [1.82, 2.24) is 14.8 Å². The van der Waals surface area contributed by atoms with E-state index in [4.69, 9.17) is 4.74 Å². The smallest absolute Gasteiger partial charge is 0.410 e. The third kappa shape index (κ3) is 2.84. The fourth-order valence-corrected chi connectivity index (χ4v) is 3.14. The van der Waals surface area contributed by atoms with Gasteiger partial charge in [-0.3, -0.25) is 4.57 Å². The topological polar surface area (TPSA) is 63.6 Å². The van der Waals surface area contributed by atoms with Crippen LogP contribution in [-0.4, -0.2) is 40.8 Å². The zero-order valence-corrected chi connectivity index (χ0v) is 14.5. The van der Waals surface area contributed by atoms with Crippen LogP contribution in [0.1, 0.15) is 32.0 Å². The zero-order chi connectivity index (χ0) is 17.5. The van der Waals surface area contributed by atoms with Crippen molar-refractivity contribution >= 4 is 23.0 Å². The number of fused-ring (bicyclic) bond motifs is 3. The number of hydrogen-bond donors (Lipinski definition) is 1. The molecule has 6 nitrogen and oxygen atoms in total. The molecule has 0 spiro atoms. The quantitative estimate of drug-likeness (QED) is 0.808. The van der Waals surface area contributed by atoms with Crippen molar-refractivity contribution < 1.29 is 14.3 Å². The van der Waals surface area contributed by atoms with Crippen molar-refractivity contribution in [2.45, 2.75) is 39.3 Å². The van der Waals surface area contributed by atoms with Gasteiger partial charge in [-0.2, -0.15) is 0 Å². The standard InChI is InChI=1S/C18H23N3O3/c1-18(2,3)24-17(23)20-10-9-13-12-7-5-6-8-14(12)21(15(13)11-20)16(22)19-4/h5-8H,9-11H2,1-4H3,(H,19,22). The largest absolute Gasteiger partial charge is 0.444 e. The molecule has 0 bridgehead atoms. The Hall–Kier alpha value is -2.50. The third-order valence-corrected chi connectivity index (χ3v) is 4.13. The summed E-state index contributed by atoms with van der Waals surface area (Å²) in [5, 5.41) is 3.75. The molecule has 0 fully saturated rings. The number of nitrogens with one attached hydrogen (secondary N) is 1. The molecule has 0 aliphatic carbocycles. The molecule has 0 saturated heterocycles. The first kappa shape index (κ1) is 16.4. The summed E-state index contributed by atoms with van der Waals surface area (Å²) in [7, 11) is 1.61. The van der Waals surface area contributed by atoms with Gasteiger partial charge in [0.15, 0.2) is 0 Å². The van der Waals surface area contributed by atoms with Gasteiger partial charge in [0, 0.05) is 19.0 Å². The molecule has 6 heteroatoms. The Labute approximate surface area is 141 Å². The molecule has 0 saturated carbocycles. The monoisotopic (exact) mass is 329 g/mol. The molecule has 1 aliphatic rings. The van der Waals surface area contributed by atoms with Crippen LogP contribution in [0.3, 0.4) is 0 Å². The molecule has 1 aromatic heterocycles. The minimum atomic E-state index is -0.537. The molecule has 2 amide bonds. The fraction of sp³-hybridized carbons (Fsp3) is 0.444. The summed E-state index contributed by atoms with van der Waals surface area (Å²) in [6.07, 6.45) is 0.362. The minimum absolute atomic E-state index is 0.196. The van der Waals surface area contributed by atoms with Gasteiger partial charge >= 0.3 is 12.1 Å². The van der Waals surface area contributed by atoms with E-state index in [1.54, 1.807) is 16.5 Å². The van der Waals surface area contributed by atoms with E-state index in [1.807, 2.05) is 45.0 Å². The molecule has 3 rings (SSSR count). The van der Waals surface area contributed by atoms with E-state index < -0.39 is 5.60 Å². The summed E-state index contributed by atoms with van der Waals surface area (Å²) in [5.74, 6) is 0. The lowest BCUT2D eigenvalue weighted by Gasteiger charge is -2.30. The van der Waals surface area contributed by atoms with Crippen molar-refractivity contribution in [2.75, 3.05) is 13.6 Å². The highest BCUT2D eigenvalue weighted by Crippen LogP contribution is 2.31. The Morgan fingerprint density at radius 3 is 2.58 bits per heavy atom. The van der Waals surface area contributed by atoms with E-state index in [0.717, 1.165) is 22.2 Å². The van der Waals surface area contributed by atoms with E-state index in [2.05, 4.69) is 5.32 Å². The van der Waals surface area contributed by atoms with Crippen molar-refractivity contribution in [1.29, 1.82) is 0 Å². The number of carbonyl (C=O) groups excluding carboxylic acids is 2. The van der Waals surface area contributed by atoms with Gasteiger partial charge in [-0.25, -0.2) is 9.59 Å². The summed E-state index contributed by atoms with van der Waals surface area (Å²) in [6.45, 7) is 6.50. The van der Waals surface area contributed by atoms with Crippen LogP contribution < -0.4 is 5.32 Å². The van der Waals surface area contributed by atoms with Gasteiger partial charge in [0.05, 0.1) is 17.8 Å². The molecular weight excluding hydrogens is 306 g/mol. The summed E-state index contributed by atoms with van der Waals surface area (Å²) in [4.78, 5) is 26.4. The highest BCUT2D eigenvalue weighted by atomic mass is 16.6. The average molecular weight is 329 g/mol. The van der Waals surface area contributed by atoms with Crippen molar-refractivity contribution in [3.05, 3.63) is 35.5 Å². The summed E-state index contributed by atoms with van der Waals surface area (Å²) < 4.78 is 7.14. The Bertz CT molecular complexity index is 802. The second kappa shape index (κ2) is 5.85. The maximum Gasteiger partial charge on any atom is 0.410 e. The van der Waals surface area contributed by atoms with Crippen molar-refractivity contribution in [2.24, 2.45) is 0 Å². The Balaban J connectivity index is 2.01. The number of benzene rings is 1. The Morgan fingerprint density at radius 1 is 1.21 bits per heavy atom. The molecule has 2 aromatic rings. The van der Waals surface area contributed by atoms with Crippen LogP contribution in [0.2, 0.25) is 0 Å². The number of nitrogens with zero attached hydrogens (tertiary/aromatic N) is 2. The molecule has 1 aliphatic heterocycles. The highest BCUT2D eigenvalue weighted by Gasteiger charge is 2.30. The predicted molar refractivity (Wildman–Crippen MR) is 92.1 cm³/mol. The SMILES string of the molecule is CNC(=O)n1c2c(c3ccccc31)CCN(C(=O)OC(C)(C)C)C2. The van der Waals surface area contributed by atoms with E-state index >= 15 is 0 Å². The summed E-state index contributed by atoms with van der Waals surface area (Å²) in [6, 6.07) is 7.64. The maximum absolute atomic E-state index is 12.4. The number of ether oxygens (including phenoxy) is 1. The van der Waals surface area contributed by atoms with Crippen LogP contribution in [0, 0.1) is 0 Å². The third-order valence-electron chi connectivity index (χ3n) is 4.13. The molecule has 128 valence electrons. The van der Waals surface area contributed by atoms with Gasteiger partial charge in [-0.15, -0.1) is 0 Å². The second-order valence-electron chi connectivity index (χ2n) is 6.98. The molecular formula is C18H23N3O3. The lowest BCUT2D eigenvalue weighted by Crippen LogP contribution is -2.41. The van der Waals surface area contributed by atoms with Crippen LogP contribution in [-0.2, 0) is 17.7 Å². The molecule has 0 atom stereocenters. The number of rotatable bonds is 0. The van der Waals surface area contributed by atoms with E-state index in [1.165, 1.54) is 0 Å². The number of aromatic nitrogens is 1. The van der Waals surface area contributed by atoms with Crippen LogP contribution in [0.25, 0.3) is 10.9 Å². The highest BCUT2D eigenvalue weighted by molar-refractivity contribution is 5.95. The first-order valence-electron chi connectivity index (χ1n) is 8.13. The van der Waals surface area contributed by atoms with Gasteiger partial charge in [0.25, 0.3) is 0 Å². The van der Waals surface area contributed by atoms with E-state index in [0.29, 0.717) is 19.5 Å². The first-order valence-corrected chi connectivity index (χ1v) is 8.13. The van der Waals surface area contributed by atoms with Crippen LogP contribution in [0.5, 0.6) is 0 Å². The molecule has 1 aromatic carbocycles. The molecule has 2 heterocycles. The van der Waals surface area contributed by atoms with Gasteiger partial charge in [-0.1, -0.05) is 18.2 Å². The summed E-state index contributed by atoms with van der Waals surface area (Å²) in [5.41, 5.74) is 2.32. The second-order valence-corrected chi connectivity index (χ2v) is 6.98. The number of carbonyl (C=O) groups is 2. The maximum atomic E-state index is 12.4. The van der Waals surface area contributed by atoms with Crippen LogP contribution in [0.4, 0.5) is 9.59 Å². The molecule has 24 heavy (non-hydrogen) atoms. The lowest BCUT2D eigenvalue weighted by atomic mass is 10.0. The Kier molecular flexibility index (Phi) is 3.99. The predicted octanol–water partition coefficient (Wildman–Crippen LogP) is 3.12. The average Bonchev–Trinajstić information content (AvgIpc) is 2.86. The van der Waals surface area contributed by atoms with Gasteiger partial charge in [0.2, 0.25) is 0 Å². The van der Waals surface area contributed by atoms with Gasteiger partial charge in [0.1, 0.15) is 5.60 Å². The molecule has 0 radical (unpaired) electrons. The van der Waals surface area contributed by atoms with E-state index in [9.17, 15) is 9.59 Å².